The van der Waals surface area contributed by atoms with E-state index in [0.29, 0.717) is 17.8 Å². The van der Waals surface area contributed by atoms with Gasteiger partial charge in [0.2, 0.25) is 0 Å². The number of anilines is 3. The number of aryl methyl sites for hydroxylation is 3. The third kappa shape index (κ3) is 5.89. The van der Waals surface area contributed by atoms with Crippen molar-refractivity contribution in [2.75, 3.05) is 4.90 Å². The summed E-state index contributed by atoms with van der Waals surface area (Å²) in [7, 11) is 0. The molecule has 7 aliphatic carbocycles. The maximum Gasteiger partial charge on any atom is 0.0719 e. The smallest absolute Gasteiger partial charge is 0.0719 e. The molecule has 72 heavy (non-hydrogen) atoms. The minimum atomic E-state index is -0.487. The van der Waals surface area contributed by atoms with Crippen molar-refractivity contribution in [3.8, 4) is 44.5 Å². The Hall–Kier alpha value is -7.22. The van der Waals surface area contributed by atoms with Gasteiger partial charge in [0.25, 0.3) is 0 Å². The lowest BCUT2D eigenvalue weighted by Gasteiger charge is -2.61. The molecule has 0 aliphatic heterocycles. The molecule has 350 valence electrons. The first kappa shape index (κ1) is 42.5. The number of hydrogen-bond acceptors (Lipinski definition) is 1. The highest BCUT2D eigenvalue weighted by molar-refractivity contribution is 5.97. The van der Waals surface area contributed by atoms with Gasteiger partial charge < -0.3 is 4.90 Å². The van der Waals surface area contributed by atoms with Crippen molar-refractivity contribution in [2.45, 2.75) is 82.5 Å². The van der Waals surface area contributed by atoms with Gasteiger partial charge in [-0.25, -0.2) is 0 Å². The quantitative estimate of drug-likeness (QED) is 0.161. The van der Waals surface area contributed by atoms with Gasteiger partial charge in [-0.3, -0.25) is 0 Å². The van der Waals surface area contributed by atoms with Gasteiger partial charge in [-0.05, 0) is 201 Å². The Morgan fingerprint density at radius 3 is 1.69 bits per heavy atom. The molecule has 4 fully saturated rings. The van der Waals surface area contributed by atoms with Gasteiger partial charge in [-0.2, -0.15) is 0 Å². The van der Waals surface area contributed by atoms with Crippen LogP contribution in [0.2, 0.25) is 0 Å². The van der Waals surface area contributed by atoms with E-state index in [1.807, 2.05) is 0 Å². The summed E-state index contributed by atoms with van der Waals surface area (Å²) in [6.07, 6.45) is 8.98. The molecule has 0 amide bonds. The van der Waals surface area contributed by atoms with Crippen molar-refractivity contribution in [1.82, 2.24) is 0 Å². The lowest BCUT2D eigenvalue weighted by molar-refractivity contribution is -0.0399. The van der Waals surface area contributed by atoms with E-state index in [2.05, 4.69) is 226 Å². The number of nitrogens with zero attached hydrogens (tertiary/aromatic N) is 1. The third-order valence-corrected chi connectivity index (χ3v) is 19.1. The monoisotopic (exact) mass is 927 g/mol. The Bertz CT molecular complexity index is 3620. The van der Waals surface area contributed by atoms with Crippen LogP contribution in [0.15, 0.2) is 200 Å². The molecule has 0 radical (unpaired) electrons. The second kappa shape index (κ2) is 15.9. The van der Waals surface area contributed by atoms with Crippen molar-refractivity contribution in [1.29, 1.82) is 0 Å². The molecule has 0 aromatic heterocycles. The molecular formula is C71H61N. The van der Waals surface area contributed by atoms with E-state index in [4.69, 9.17) is 0 Å². The lowest BCUT2D eigenvalue weighted by atomic mass is 9.43. The minimum absolute atomic E-state index is 0.0659. The molecule has 0 heterocycles. The lowest BCUT2D eigenvalue weighted by Crippen LogP contribution is -2.55. The van der Waals surface area contributed by atoms with Gasteiger partial charge in [-0.1, -0.05) is 189 Å². The summed E-state index contributed by atoms with van der Waals surface area (Å²) >= 11 is 0. The second-order valence-corrected chi connectivity index (χ2v) is 23.0. The van der Waals surface area contributed by atoms with Crippen LogP contribution < -0.4 is 4.90 Å². The topological polar surface area (TPSA) is 3.24 Å². The highest BCUT2D eigenvalue weighted by Crippen LogP contribution is 2.70. The first-order valence-corrected chi connectivity index (χ1v) is 27.2. The number of hydrogen-bond donors (Lipinski definition) is 0. The molecule has 1 atom stereocenters. The van der Waals surface area contributed by atoms with Gasteiger partial charge in [0.05, 0.1) is 11.1 Å². The van der Waals surface area contributed by atoms with Crippen molar-refractivity contribution < 1.29 is 0 Å². The zero-order valence-corrected chi connectivity index (χ0v) is 41.8. The van der Waals surface area contributed by atoms with Crippen LogP contribution in [0.1, 0.15) is 108 Å². The largest absolute Gasteiger partial charge is 0.310 e. The van der Waals surface area contributed by atoms with Crippen LogP contribution in [-0.4, -0.2) is 0 Å². The zero-order chi connectivity index (χ0) is 47.9. The average Bonchev–Trinajstić information content (AvgIpc) is 3.83. The van der Waals surface area contributed by atoms with Gasteiger partial charge in [0.15, 0.2) is 0 Å². The fraction of sp³-hybridized carbons (Fsp3) is 0.239. The Balaban J connectivity index is 0.987. The predicted molar refractivity (Wildman–Crippen MR) is 299 cm³/mol. The van der Waals surface area contributed by atoms with Crippen molar-refractivity contribution in [3.63, 3.8) is 0 Å². The molecule has 0 N–H and O–H groups in total. The fourth-order valence-electron chi connectivity index (χ4n) is 16.4. The first-order valence-electron chi connectivity index (χ1n) is 27.2. The highest BCUT2D eigenvalue weighted by Gasteiger charge is 2.62. The predicted octanol–water partition coefficient (Wildman–Crippen LogP) is 18.1. The van der Waals surface area contributed by atoms with Crippen LogP contribution in [0.4, 0.5) is 17.1 Å². The average molecular weight is 928 g/mol. The van der Waals surface area contributed by atoms with Gasteiger partial charge in [0.1, 0.15) is 0 Å². The molecule has 9 aromatic rings. The van der Waals surface area contributed by atoms with Crippen LogP contribution in [0.5, 0.6) is 0 Å². The standard InChI is InChI=1S/C71H61N/c1-44(2)50-29-35-63-52(42-50)26-25-51-36-45(3)24-34-62(51)71(63)64-20-11-9-18-59(64)60-33-32-56(43-67(60)71)72(55-30-27-49(28-31-55)58-17-8-7-16-57(58)48-14-5-4-6-15-48)68-23-13-22-66-69(68)61-19-10-12-21-65(61)70(66)53-38-46-37-47(40-53)41-54(70)39-46/h4-24,27-36,42-44,46-47,53-54H,25-26,37-41H2,1-3H3. The molecule has 4 bridgehead atoms. The molecule has 7 aliphatic rings. The fourth-order valence-corrected chi connectivity index (χ4v) is 16.4. The van der Waals surface area contributed by atoms with E-state index in [1.165, 1.54) is 138 Å². The van der Waals surface area contributed by atoms with Crippen molar-refractivity contribution >= 4 is 17.1 Å². The van der Waals surface area contributed by atoms with Crippen LogP contribution >= 0.6 is 0 Å². The number of fused-ring (bicyclic) bond motifs is 12. The van der Waals surface area contributed by atoms with E-state index in [1.54, 1.807) is 11.1 Å². The summed E-state index contributed by atoms with van der Waals surface area (Å²) in [5.41, 5.74) is 28.3. The molecule has 1 heteroatoms. The van der Waals surface area contributed by atoms with E-state index in [9.17, 15) is 0 Å². The molecule has 16 rings (SSSR count). The first-order chi connectivity index (χ1) is 35.4. The maximum atomic E-state index is 2.66. The summed E-state index contributed by atoms with van der Waals surface area (Å²) < 4.78 is 0. The van der Waals surface area contributed by atoms with Crippen LogP contribution in [0, 0.1) is 30.6 Å². The Kier molecular flexibility index (Phi) is 9.37. The molecule has 0 saturated heterocycles. The minimum Gasteiger partial charge on any atom is -0.310 e. The highest BCUT2D eigenvalue weighted by atomic mass is 15.1. The normalized spacial score (nSPS) is 23.3. The second-order valence-electron chi connectivity index (χ2n) is 23.0. The molecule has 1 nitrogen and oxygen atoms in total. The van der Waals surface area contributed by atoms with Crippen LogP contribution in [0.3, 0.4) is 0 Å². The van der Waals surface area contributed by atoms with Crippen LogP contribution in [-0.2, 0) is 23.7 Å². The van der Waals surface area contributed by atoms with E-state index in [0.717, 1.165) is 24.7 Å². The maximum absolute atomic E-state index is 2.66. The third-order valence-electron chi connectivity index (χ3n) is 19.1. The van der Waals surface area contributed by atoms with Gasteiger partial charge >= 0.3 is 0 Å². The van der Waals surface area contributed by atoms with Crippen LogP contribution in [0.25, 0.3) is 44.5 Å². The Morgan fingerprint density at radius 1 is 0.417 bits per heavy atom. The van der Waals surface area contributed by atoms with Gasteiger partial charge in [0, 0.05) is 22.4 Å². The van der Waals surface area contributed by atoms with E-state index < -0.39 is 5.41 Å². The van der Waals surface area contributed by atoms with E-state index >= 15 is 0 Å². The Morgan fingerprint density at radius 2 is 0.986 bits per heavy atom. The molecular weight excluding hydrogens is 867 g/mol. The summed E-state index contributed by atoms with van der Waals surface area (Å²) in [6, 6.07) is 78.2. The van der Waals surface area contributed by atoms with Crippen molar-refractivity contribution in [2.24, 2.45) is 23.7 Å². The molecule has 2 spiro atoms. The Labute approximate surface area is 426 Å². The summed E-state index contributed by atoms with van der Waals surface area (Å²) in [4.78, 5) is 2.66. The SMILES string of the molecule is Cc1ccc2c(c1)CCc1cc(C(C)C)ccc1C21c2ccccc2-c2ccc(N(c3ccc(-c4ccccc4-c4ccccc4)cc3)c3cccc4c3-c3ccccc3C43C4CC5CC(C4)CC3C5)cc21. The summed E-state index contributed by atoms with van der Waals surface area (Å²) in [6.45, 7) is 6.95. The summed E-state index contributed by atoms with van der Waals surface area (Å²) in [5, 5.41) is 0. The zero-order valence-electron chi connectivity index (χ0n) is 41.8. The molecule has 9 aromatic carbocycles. The number of rotatable bonds is 6. The van der Waals surface area contributed by atoms with Gasteiger partial charge in [-0.15, -0.1) is 0 Å². The van der Waals surface area contributed by atoms with Crippen molar-refractivity contribution in [3.05, 3.63) is 256 Å². The van der Waals surface area contributed by atoms with E-state index in [-0.39, 0.29) is 5.41 Å². The molecule has 1 unspecified atom stereocenters. The molecule has 4 saturated carbocycles. The number of benzene rings is 9. The summed E-state index contributed by atoms with van der Waals surface area (Å²) in [5.74, 6) is 3.62.